The molecule has 6 heteroatoms. The van der Waals surface area contributed by atoms with E-state index in [0.717, 1.165) is 6.07 Å². The Labute approximate surface area is 114 Å². The highest BCUT2D eigenvalue weighted by atomic mass is 35.5. The van der Waals surface area contributed by atoms with Crippen LogP contribution in [0.15, 0.2) is 12.1 Å². The largest absolute Gasteiger partial charge is 0.393 e. The fourth-order valence-electron chi connectivity index (χ4n) is 1.93. The van der Waals surface area contributed by atoms with Crippen LogP contribution in [-0.2, 0) is 0 Å². The average Bonchev–Trinajstić information content (AvgIpc) is 2.34. The van der Waals surface area contributed by atoms with Crippen LogP contribution in [0.1, 0.15) is 23.2 Å². The molecule has 3 nitrogen and oxygen atoms in total. The minimum Gasteiger partial charge on any atom is -0.393 e. The van der Waals surface area contributed by atoms with E-state index in [1.165, 1.54) is 6.07 Å². The first-order valence-corrected chi connectivity index (χ1v) is 6.36. The molecule has 1 aromatic carbocycles. The van der Waals surface area contributed by atoms with Gasteiger partial charge in [-0.25, -0.2) is 4.39 Å². The summed E-state index contributed by atoms with van der Waals surface area (Å²) < 4.78 is 13.3. The lowest BCUT2D eigenvalue weighted by molar-refractivity contribution is 0.0546. The van der Waals surface area contributed by atoms with Crippen LogP contribution in [0, 0.1) is 5.82 Å². The van der Waals surface area contributed by atoms with E-state index >= 15 is 0 Å². The molecule has 0 saturated carbocycles. The Hall–Kier alpha value is -0.840. The summed E-state index contributed by atoms with van der Waals surface area (Å²) in [5, 5.41) is 9.40. The van der Waals surface area contributed by atoms with Gasteiger partial charge >= 0.3 is 0 Å². The third-order valence-corrected chi connectivity index (χ3v) is 3.59. The van der Waals surface area contributed by atoms with Crippen molar-refractivity contribution in [3.8, 4) is 0 Å². The maximum absolute atomic E-state index is 13.3. The second kappa shape index (κ2) is 5.43. The Morgan fingerprint density at radius 1 is 1.28 bits per heavy atom. The van der Waals surface area contributed by atoms with E-state index in [-0.39, 0.29) is 27.6 Å². The molecule has 0 aliphatic carbocycles. The highest BCUT2D eigenvalue weighted by Crippen LogP contribution is 2.26. The number of carbonyl (C=O) groups is 1. The number of hydrogen-bond donors (Lipinski definition) is 1. The molecule has 0 atom stereocenters. The number of rotatable bonds is 1. The molecule has 1 N–H and O–H groups in total. The molecule has 0 spiro atoms. The fourth-order valence-corrected chi connectivity index (χ4v) is 2.39. The fraction of sp³-hybridized carbons (Fsp3) is 0.417. The third kappa shape index (κ3) is 2.76. The Morgan fingerprint density at radius 3 is 2.50 bits per heavy atom. The number of likely N-dealkylation sites (tertiary alicyclic amines) is 1. The van der Waals surface area contributed by atoms with Gasteiger partial charge in [-0.15, -0.1) is 0 Å². The molecule has 1 aliphatic rings. The predicted molar refractivity (Wildman–Crippen MR) is 67.6 cm³/mol. The minimum atomic E-state index is -0.665. The molecule has 1 amide bonds. The Balaban J connectivity index is 2.21. The summed E-state index contributed by atoms with van der Waals surface area (Å²) in [6, 6.07) is 2.28. The first-order valence-electron chi connectivity index (χ1n) is 5.61. The molecule has 1 aliphatic heterocycles. The van der Waals surface area contributed by atoms with Crippen molar-refractivity contribution in [1.82, 2.24) is 4.90 Å². The van der Waals surface area contributed by atoms with Gasteiger partial charge < -0.3 is 10.0 Å². The zero-order chi connectivity index (χ0) is 13.3. The van der Waals surface area contributed by atoms with E-state index < -0.39 is 5.82 Å². The van der Waals surface area contributed by atoms with Crippen molar-refractivity contribution in [2.24, 2.45) is 0 Å². The van der Waals surface area contributed by atoms with Gasteiger partial charge in [0, 0.05) is 13.1 Å². The lowest BCUT2D eigenvalue weighted by Gasteiger charge is -2.29. The smallest absolute Gasteiger partial charge is 0.255 e. The van der Waals surface area contributed by atoms with Crippen molar-refractivity contribution in [3.05, 3.63) is 33.6 Å². The molecule has 0 unspecified atom stereocenters. The van der Waals surface area contributed by atoms with Gasteiger partial charge in [-0.1, -0.05) is 23.2 Å². The molecule has 2 rings (SSSR count). The van der Waals surface area contributed by atoms with Crippen molar-refractivity contribution in [3.63, 3.8) is 0 Å². The lowest BCUT2D eigenvalue weighted by Crippen LogP contribution is -2.40. The highest BCUT2D eigenvalue weighted by molar-refractivity contribution is 6.36. The maximum Gasteiger partial charge on any atom is 0.255 e. The number of aliphatic hydroxyl groups is 1. The monoisotopic (exact) mass is 291 g/mol. The predicted octanol–water partition coefficient (Wildman–Crippen LogP) is 2.73. The normalized spacial score (nSPS) is 17.0. The number of carbonyl (C=O) groups excluding carboxylic acids is 1. The maximum atomic E-state index is 13.3. The molecule has 0 aromatic heterocycles. The second-order valence-electron chi connectivity index (χ2n) is 4.27. The van der Waals surface area contributed by atoms with Gasteiger partial charge in [-0.3, -0.25) is 4.79 Å². The van der Waals surface area contributed by atoms with Crippen LogP contribution in [0.2, 0.25) is 10.0 Å². The van der Waals surface area contributed by atoms with Crippen LogP contribution in [-0.4, -0.2) is 35.1 Å². The second-order valence-corrected chi connectivity index (χ2v) is 5.08. The van der Waals surface area contributed by atoms with Gasteiger partial charge in [-0.2, -0.15) is 0 Å². The topological polar surface area (TPSA) is 40.5 Å². The average molecular weight is 292 g/mol. The van der Waals surface area contributed by atoms with E-state index in [2.05, 4.69) is 0 Å². The molecule has 1 fully saturated rings. The minimum absolute atomic E-state index is 0.106. The zero-order valence-corrected chi connectivity index (χ0v) is 11.0. The summed E-state index contributed by atoms with van der Waals surface area (Å²) in [5.41, 5.74) is 0.106. The number of piperidine rings is 1. The lowest BCUT2D eigenvalue weighted by atomic mass is 10.1. The first kappa shape index (κ1) is 13.6. The number of amides is 1. The number of halogens is 3. The van der Waals surface area contributed by atoms with E-state index in [0.29, 0.717) is 25.9 Å². The molecule has 0 bridgehead atoms. The SMILES string of the molecule is O=C(c1cc(F)c(Cl)cc1Cl)N1CCC(O)CC1. The molecule has 98 valence electrons. The van der Waals surface area contributed by atoms with Gasteiger partial charge in [0.2, 0.25) is 0 Å². The number of aliphatic hydroxyl groups excluding tert-OH is 1. The van der Waals surface area contributed by atoms with Crippen molar-refractivity contribution >= 4 is 29.1 Å². The third-order valence-electron chi connectivity index (χ3n) is 2.99. The van der Waals surface area contributed by atoms with Crippen LogP contribution in [0.4, 0.5) is 4.39 Å². The molecule has 18 heavy (non-hydrogen) atoms. The molecular formula is C12H12Cl2FNO2. The Morgan fingerprint density at radius 2 is 1.89 bits per heavy atom. The van der Waals surface area contributed by atoms with Gasteiger partial charge in [-0.05, 0) is 25.0 Å². The molecule has 0 radical (unpaired) electrons. The molecule has 1 aromatic rings. The Bertz CT molecular complexity index is 473. The highest BCUT2D eigenvalue weighted by Gasteiger charge is 2.24. The van der Waals surface area contributed by atoms with Crippen LogP contribution in [0.3, 0.4) is 0 Å². The number of hydrogen-bond acceptors (Lipinski definition) is 2. The van der Waals surface area contributed by atoms with Crippen LogP contribution in [0.5, 0.6) is 0 Å². The zero-order valence-electron chi connectivity index (χ0n) is 9.50. The van der Waals surface area contributed by atoms with Crippen molar-refractivity contribution < 1.29 is 14.3 Å². The van der Waals surface area contributed by atoms with Crippen LogP contribution < -0.4 is 0 Å². The summed E-state index contributed by atoms with van der Waals surface area (Å²) in [6.45, 7) is 0.890. The molecule has 1 heterocycles. The quantitative estimate of drug-likeness (QED) is 0.809. The van der Waals surface area contributed by atoms with Gasteiger partial charge in [0.15, 0.2) is 0 Å². The van der Waals surface area contributed by atoms with E-state index in [1.807, 2.05) is 0 Å². The Kier molecular flexibility index (Phi) is 4.10. The number of nitrogens with zero attached hydrogens (tertiary/aromatic N) is 1. The van der Waals surface area contributed by atoms with Gasteiger partial charge in [0.25, 0.3) is 5.91 Å². The van der Waals surface area contributed by atoms with E-state index in [9.17, 15) is 14.3 Å². The van der Waals surface area contributed by atoms with E-state index in [1.54, 1.807) is 4.90 Å². The molecular weight excluding hydrogens is 280 g/mol. The summed E-state index contributed by atoms with van der Waals surface area (Å²) in [6.07, 6.45) is 0.685. The van der Waals surface area contributed by atoms with Crippen molar-refractivity contribution in [1.29, 1.82) is 0 Å². The van der Waals surface area contributed by atoms with Crippen LogP contribution in [0.25, 0.3) is 0 Å². The standard InChI is InChI=1S/C12H12Cl2FNO2/c13-9-6-10(14)11(15)5-8(9)12(18)16-3-1-7(17)2-4-16/h5-7,17H,1-4H2. The van der Waals surface area contributed by atoms with Gasteiger partial charge in [0.05, 0.1) is 21.7 Å². The van der Waals surface area contributed by atoms with E-state index in [4.69, 9.17) is 23.2 Å². The van der Waals surface area contributed by atoms with Crippen LogP contribution >= 0.6 is 23.2 Å². The summed E-state index contributed by atoms with van der Waals surface area (Å²) in [4.78, 5) is 13.7. The molecule has 1 saturated heterocycles. The number of benzene rings is 1. The summed E-state index contributed by atoms with van der Waals surface area (Å²) in [5.74, 6) is -0.996. The summed E-state index contributed by atoms with van der Waals surface area (Å²) in [7, 11) is 0. The van der Waals surface area contributed by atoms with Crippen molar-refractivity contribution in [2.75, 3.05) is 13.1 Å². The summed E-state index contributed by atoms with van der Waals surface area (Å²) >= 11 is 11.5. The first-order chi connectivity index (χ1) is 8.49. The van der Waals surface area contributed by atoms with Crippen molar-refractivity contribution in [2.45, 2.75) is 18.9 Å². The van der Waals surface area contributed by atoms with Gasteiger partial charge in [0.1, 0.15) is 5.82 Å².